The molecule has 0 radical (unpaired) electrons. The van der Waals surface area contributed by atoms with Crippen molar-refractivity contribution in [2.45, 2.75) is 13.1 Å². The lowest BCUT2D eigenvalue weighted by Gasteiger charge is -2.14. The summed E-state index contributed by atoms with van der Waals surface area (Å²) in [6.07, 6.45) is -3.45. The van der Waals surface area contributed by atoms with E-state index < -0.39 is 13.8 Å². The Bertz CT molecular complexity index is 441. The van der Waals surface area contributed by atoms with E-state index in [1.54, 1.807) is 13.0 Å². The van der Waals surface area contributed by atoms with Gasteiger partial charge in [0, 0.05) is 6.07 Å². The van der Waals surface area contributed by atoms with Crippen LogP contribution in [0.5, 0.6) is 11.5 Å². The molecule has 0 amide bonds. The second-order valence-electron chi connectivity index (χ2n) is 2.96. The number of hydrogen-bond acceptors (Lipinski definition) is 3. The quantitative estimate of drug-likeness (QED) is 0.837. The van der Waals surface area contributed by atoms with Crippen LogP contribution in [0.4, 0.5) is 8.78 Å². The zero-order valence-corrected chi connectivity index (χ0v) is 11.2. The van der Waals surface area contributed by atoms with E-state index in [1.807, 2.05) is 0 Å². The van der Waals surface area contributed by atoms with E-state index in [9.17, 15) is 13.3 Å². The molecular weight excluding hydrogens is 321 g/mol. The first-order valence-electron chi connectivity index (χ1n) is 4.59. The third kappa shape index (κ3) is 3.94. The van der Waals surface area contributed by atoms with E-state index in [1.165, 1.54) is 12.1 Å². The maximum Gasteiger partial charge on any atom is 0.442 e. The summed E-state index contributed by atoms with van der Waals surface area (Å²) >= 11 is 3.03. The molecule has 1 unspecified atom stereocenters. The topological polar surface area (TPSA) is 55.8 Å². The predicted molar refractivity (Wildman–Crippen MR) is 61.8 cm³/mol. The molecule has 0 heterocycles. The molecule has 0 aliphatic rings. The summed E-state index contributed by atoms with van der Waals surface area (Å²) in [6.45, 7) is 2.13. The number of rotatable bonds is 5. The van der Waals surface area contributed by atoms with Crippen molar-refractivity contribution < 1.29 is 27.5 Å². The summed E-state index contributed by atoms with van der Waals surface area (Å²) < 4.78 is 45.2. The Labute approximate surface area is 105 Å². The molecule has 0 fully saturated rings. The Morgan fingerprint density at radius 1 is 1.53 bits per heavy atom. The van der Waals surface area contributed by atoms with Gasteiger partial charge in [-0.1, -0.05) is 0 Å². The molecule has 0 bridgehead atoms. The van der Waals surface area contributed by atoms with Crippen molar-refractivity contribution in [2.24, 2.45) is 0 Å². The lowest BCUT2D eigenvalue weighted by atomic mass is 10.3. The fourth-order valence-electron chi connectivity index (χ4n) is 0.991. The summed E-state index contributed by atoms with van der Waals surface area (Å²) in [6, 6.07) is 4.32. The average molecular weight is 331 g/mol. The highest BCUT2D eigenvalue weighted by molar-refractivity contribution is 9.10. The molecule has 0 aliphatic heterocycles. The molecule has 1 aromatic carbocycles. The second kappa shape index (κ2) is 5.80. The molecule has 8 heteroatoms. The van der Waals surface area contributed by atoms with Crippen LogP contribution in [0.3, 0.4) is 0 Å². The first kappa shape index (κ1) is 14.4. The molecule has 17 heavy (non-hydrogen) atoms. The second-order valence-corrected chi connectivity index (χ2v) is 5.51. The molecule has 0 aliphatic carbocycles. The van der Waals surface area contributed by atoms with Crippen molar-refractivity contribution >= 4 is 23.5 Å². The molecular formula is C9H10BrF2O4P. The number of halogens is 3. The van der Waals surface area contributed by atoms with Crippen LogP contribution in [-0.2, 0) is 4.57 Å². The number of benzene rings is 1. The Kier molecular flexibility index (Phi) is 4.91. The molecule has 0 saturated carbocycles. The minimum atomic E-state index is -4.97. The number of ether oxygens (including phenoxy) is 1. The summed E-state index contributed by atoms with van der Waals surface area (Å²) in [7, 11) is -4.97. The van der Waals surface area contributed by atoms with E-state index >= 15 is 0 Å². The highest BCUT2D eigenvalue weighted by atomic mass is 79.9. The third-order valence-corrected chi connectivity index (χ3v) is 3.30. The van der Waals surface area contributed by atoms with E-state index in [-0.39, 0.29) is 10.2 Å². The Hall–Kier alpha value is -0.650. The lowest BCUT2D eigenvalue weighted by Crippen LogP contribution is -2.01. The van der Waals surface area contributed by atoms with Crippen LogP contribution in [0, 0.1) is 0 Å². The van der Waals surface area contributed by atoms with Gasteiger partial charge in [-0.3, -0.25) is 0 Å². The summed E-state index contributed by atoms with van der Waals surface area (Å²) in [4.78, 5) is 8.91. The number of alkyl halides is 2. The minimum Gasteiger partial charge on any atom is -0.494 e. The Morgan fingerprint density at radius 2 is 2.18 bits per heavy atom. The van der Waals surface area contributed by atoms with Gasteiger partial charge in [-0.2, -0.15) is 8.78 Å². The SMILES string of the molecule is CCOc1ccc(Br)c(OP(=O)(O)C(F)F)c1. The molecule has 4 nitrogen and oxygen atoms in total. The predicted octanol–water partition coefficient (Wildman–Crippen LogP) is 3.63. The smallest absolute Gasteiger partial charge is 0.442 e. The van der Waals surface area contributed by atoms with Crippen LogP contribution < -0.4 is 9.26 Å². The van der Waals surface area contributed by atoms with Gasteiger partial charge in [-0.25, -0.2) is 4.57 Å². The van der Waals surface area contributed by atoms with Gasteiger partial charge in [0.15, 0.2) is 0 Å². The molecule has 1 aromatic rings. The minimum absolute atomic E-state index is 0.165. The zero-order chi connectivity index (χ0) is 13.1. The average Bonchev–Trinajstić information content (AvgIpc) is 2.23. The van der Waals surface area contributed by atoms with E-state index in [0.29, 0.717) is 12.4 Å². The van der Waals surface area contributed by atoms with Crippen molar-refractivity contribution in [1.29, 1.82) is 0 Å². The fraction of sp³-hybridized carbons (Fsp3) is 0.333. The molecule has 0 spiro atoms. The van der Waals surface area contributed by atoms with Crippen molar-refractivity contribution in [3.8, 4) is 11.5 Å². The summed E-state index contributed by atoms with van der Waals surface area (Å²) in [5.41, 5.74) is 0. The van der Waals surface area contributed by atoms with Gasteiger partial charge in [0.25, 0.3) is 0 Å². The molecule has 0 aromatic heterocycles. The largest absolute Gasteiger partial charge is 0.494 e. The van der Waals surface area contributed by atoms with Gasteiger partial charge in [-0.05, 0) is 35.0 Å². The molecule has 0 saturated heterocycles. The molecule has 1 N–H and O–H groups in total. The van der Waals surface area contributed by atoms with Gasteiger partial charge in [0.1, 0.15) is 11.5 Å². The zero-order valence-electron chi connectivity index (χ0n) is 8.77. The van der Waals surface area contributed by atoms with Gasteiger partial charge in [-0.15, -0.1) is 0 Å². The van der Waals surface area contributed by atoms with Crippen molar-refractivity contribution in [2.75, 3.05) is 6.61 Å². The highest BCUT2D eigenvalue weighted by Gasteiger charge is 2.34. The van der Waals surface area contributed by atoms with Crippen LogP contribution in [0.1, 0.15) is 6.92 Å². The first-order chi connectivity index (χ1) is 7.86. The van der Waals surface area contributed by atoms with Crippen molar-refractivity contribution in [1.82, 2.24) is 0 Å². The number of hydrogen-bond donors (Lipinski definition) is 1. The molecule has 96 valence electrons. The summed E-state index contributed by atoms with van der Waals surface area (Å²) in [5, 5.41) is 0. The standard InChI is InChI=1S/C9H10BrF2O4P/c1-2-15-6-3-4-7(10)8(5-6)16-17(13,14)9(11)12/h3-5,9H,2H2,1H3,(H,13,14). The van der Waals surface area contributed by atoms with Gasteiger partial charge < -0.3 is 14.2 Å². The first-order valence-corrected chi connectivity index (χ1v) is 7.03. The van der Waals surface area contributed by atoms with Crippen LogP contribution in [0.2, 0.25) is 0 Å². The van der Waals surface area contributed by atoms with E-state index in [2.05, 4.69) is 20.5 Å². The maximum atomic E-state index is 12.2. The van der Waals surface area contributed by atoms with Gasteiger partial charge in [0.2, 0.25) is 0 Å². The normalized spacial score (nSPS) is 14.5. The Morgan fingerprint density at radius 3 is 2.71 bits per heavy atom. The fourth-order valence-corrected chi connectivity index (χ4v) is 1.96. The summed E-state index contributed by atoms with van der Waals surface area (Å²) in [5.74, 6) is 0.196. The van der Waals surface area contributed by atoms with E-state index in [0.717, 1.165) is 0 Å². The molecule has 1 rings (SSSR count). The van der Waals surface area contributed by atoms with Gasteiger partial charge in [0.05, 0.1) is 11.1 Å². The van der Waals surface area contributed by atoms with Crippen molar-refractivity contribution in [3.05, 3.63) is 22.7 Å². The Balaban J connectivity index is 2.97. The van der Waals surface area contributed by atoms with Crippen LogP contribution >= 0.6 is 23.5 Å². The third-order valence-electron chi connectivity index (χ3n) is 1.69. The maximum absolute atomic E-state index is 12.2. The highest BCUT2D eigenvalue weighted by Crippen LogP contribution is 2.50. The van der Waals surface area contributed by atoms with Gasteiger partial charge >= 0.3 is 13.8 Å². The lowest BCUT2D eigenvalue weighted by molar-refractivity contribution is 0.188. The van der Waals surface area contributed by atoms with E-state index in [4.69, 9.17) is 9.63 Å². The molecule has 1 atom stereocenters. The van der Waals surface area contributed by atoms with Crippen LogP contribution in [0.15, 0.2) is 22.7 Å². The van der Waals surface area contributed by atoms with Crippen LogP contribution in [-0.4, -0.2) is 17.7 Å². The van der Waals surface area contributed by atoms with Crippen molar-refractivity contribution in [3.63, 3.8) is 0 Å². The van der Waals surface area contributed by atoms with Crippen LogP contribution in [0.25, 0.3) is 0 Å². The monoisotopic (exact) mass is 330 g/mol.